The molecule has 2 aromatic carbocycles. The van der Waals surface area contributed by atoms with Crippen molar-refractivity contribution in [3.05, 3.63) is 66.9 Å². The van der Waals surface area contributed by atoms with Crippen LogP contribution < -0.4 is 0 Å². The summed E-state index contributed by atoms with van der Waals surface area (Å²) >= 11 is 16.3. The first-order valence-electron chi connectivity index (χ1n) is 13.1. The van der Waals surface area contributed by atoms with Gasteiger partial charge < -0.3 is 0 Å². The van der Waals surface area contributed by atoms with Gasteiger partial charge in [0.25, 0.3) is 0 Å². The zero-order valence-corrected chi connectivity index (χ0v) is 27.3. The van der Waals surface area contributed by atoms with Gasteiger partial charge in [-0.3, -0.25) is 0 Å². The highest BCUT2D eigenvalue weighted by atomic mass is 32.2. The van der Waals surface area contributed by atoms with Crippen LogP contribution in [0.4, 0.5) is 0 Å². The average Bonchev–Trinajstić information content (AvgIpc) is 3.62. The van der Waals surface area contributed by atoms with Crippen LogP contribution in [0.5, 0.6) is 0 Å². The molecule has 38 heavy (non-hydrogen) atoms. The van der Waals surface area contributed by atoms with Gasteiger partial charge in [-0.25, -0.2) is 0 Å². The van der Waals surface area contributed by atoms with Crippen LogP contribution in [0, 0.1) is 17.3 Å². The molecule has 7 aliphatic rings. The lowest BCUT2D eigenvalue weighted by atomic mass is 9.73. The molecule has 0 N–H and O–H groups in total. The Bertz CT molecular complexity index is 1510. The highest BCUT2D eigenvalue weighted by Gasteiger charge is 2.49. The van der Waals surface area contributed by atoms with Crippen molar-refractivity contribution in [2.75, 3.05) is 0 Å². The van der Waals surface area contributed by atoms with E-state index in [9.17, 15) is 0 Å². The van der Waals surface area contributed by atoms with Crippen LogP contribution in [0.3, 0.4) is 0 Å². The highest BCUT2D eigenvalue weighted by molar-refractivity contribution is 8.30. The molecule has 2 aromatic rings. The molecule has 8 heteroatoms. The smallest absolute Gasteiger partial charge is 0.0706 e. The topological polar surface area (TPSA) is 0 Å². The van der Waals surface area contributed by atoms with Crippen molar-refractivity contribution in [1.82, 2.24) is 0 Å². The van der Waals surface area contributed by atoms with Crippen molar-refractivity contribution < 1.29 is 0 Å². The van der Waals surface area contributed by atoms with Gasteiger partial charge in [-0.1, -0.05) is 109 Å². The van der Waals surface area contributed by atoms with E-state index in [2.05, 4.69) is 85.9 Å². The lowest BCUT2D eigenvalue weighted by Gasteiger charge is -2.41. The summed E-state index contributed by atoms with van der Waals surface area (Å²) in [4.78, 5) is 15.1. The number of hydrogen-bond acceptors (Lipinski definition) is 8. The molecule has 3 aliphatic carbocycles. The molecule has 0 saturated heterocycles. The van der Waals surface area contributed by atoms with Crippen LogP contribution in [0.2, 0.25) is 0 Å². The number of allylic oxidation sites excluding steroid dienone is 4. The summed E-state index contributed by atoms with van der Waals surface area (Å²) in [6.45, 7) is 5.04. The summed E-state index contributed by atoms with van der Waals surface area (Å²) in [6, 6.07) is 9.95. The standard InChI is InChI=1S/C30H24S8/c1-14-26-27(15-7-8-30(14,2)13-15)34-21-12-25-24(11-20(21)33-26)37-29(38-25)28-35-22-9-18-19(10-23(22)36-28)32-17-6-4-3-5-16(17)31-18/h3-6,9-12,14-17H,7-8,13H2,1-2H3/t14?,15?,16-,17?,30?/m0/s1. The van der Waals surface area contributed by atoms with Gasteiger partial charge in [0.15, 0.2) is 0 Å². The SMILES string of the molecule is CC1C2=C(Sc3cc4c(cc3S2)SC(=C2Sc3cc5c(cc3S2)S[C@H]2C=CC=CC2S5)S4)C2CCC1(C)C2. The fourth-order valence-corrected chi connectivity index (χ4v) is 17.9. The van der Waals surface area contributed by atoms with Crippen molar-refractivity contribution in [3.8, 4) is 0 Å². The van der Waals surface area contributed by atoms with Crippen molar-refractivity contribution in [3.63, 3.8) is 0 Å². The van der Waals surface area contributed by atoms with Crippen LogP contribution in [-0.4, -0.2) is 10.5 Å². The van der Waals surface area contributed by atoms with Gasteiger partial charge in [0.1, 0.15) is 0 Å². The molecule has 1 fully saturated rings. The summed E-state index contributed by atoms with van der Waals surface area (Å²) in [5.41, 5.74) is 0.515. The summed E-state index contributed by atoms with van der Waals surface area (Å²) in [7, 11) is 0. The Hall–Kier alpha value is 0.200. The lowest BCUT2D eigenvalue weighted by molar-refractivity contribution is 0.233. The molecule has 0 amide bonds. The Morgan fingerprint density at radius 1 is 0.632 bits per heavy atom. The molecular weight excluding hydrogens is 617 g/mol. The molecule has 5 atom stereocenters. The van der Waals surface area contributed by atoms with Crippen LogP contribution in [0.1, 0.15) is 33.1 Å². The third kappa shape index (κ3) is 3.83. The quantitative estimate of drug-likeness (QED) is 0.275. The number of hydrogen-bond donors (Lipinski definition) is 0. The van der Waals surface area contributed by atoms with Gasteiger partial charge in [-0.2, -0.15) is 0 Å². The molecule has 0 spiro atoms. The molecule has 0 radical (unpaired) electrons. The second-order valence-electron chi connectivity index (χ2n) is 11.2. The van der Waals surface area contributed by atoms with E-state index in [4.69, 9.17) is 0 Å². The average molecular weight is 641 g/mol. The lowest BCUT2D eigenvalue weighted by Crippen LogP contribution is -2.28. The minimum absolute atomic E-state index is 0.515. The summed E-state index contributed by atoms with van der Waals surface area (Å²) in [5, 5.41) is 1.12. The van der Waals surface area contributed by atoms with Gasteiger partial charge in [0.2, 0.25) is 0 Å². The fraction of sp³-hybridized carbons (Fsp3) is 0.333. The Labute approximate surface area is 258 Å². The molecule has 0 aromatic heterocycles. The van der Waals surface area contributed by atoms with E-state index in [1.165, 1.54) is 66.9 Å². The van der Waals surface area contributed by atoms with Gasteiger partial charge >= 0.3 is 0 Å². The molecule has 4 unspecified atom stereocenters. The van der Waals surface area contributed by atoms with E-state index in [0.29, 0.717) is 21.8 Å². The Kier molecular flexibility index (Phi) is 5.93. The fourth-order valence-electron chi connectivity index (χ4n) is 6.52. The first-order chi connectivity index (χ1) is 18.5. The summed E-state index contributed by atoms with van der Waals surface area (Å²) < 4.78 is 2.94. The molecule has 9 rings (SSSR count). The third-order valence-electron chi connectivity index (χ3n) is 8.83. The number of thioether (sulfide) groups is 8. The molecule has 2 bridgehead atoms. The van der Waals surface area contributed by atoms with Crippen LogP contribution >= 0.6 is 94.1 Å². The molecule has 1 saturated carbocycles. The van der Waals surface area contributed by atoms with Crippen molar-refractivity contribution in [1.29, 1.82) is 0 Å². The zero-order valence-electron chi connectivity index (χ0n) is 20.8. The van der Waals surface area contributed by atoms with E-state index < -0.39 is 0 Å². The molecule has 0 nitrogen and oxygen atoms in total. The monoisotopic (exact) mass is 640 g/mol. The molecule has 4 heterocycles. The first kappa shape index (κ1) is 24.8. The molecule has 4 aliphatic heterocycles. The van der Waals surface area contributed by atoms with Crippen molar-refractivity contribution >= 4 is 94.1 Å². The Morgan fingerprint density at radius 2 is 1.11 bits per heavy atom. The Morgan fingerprint density at radius 3 is 1.66 bits per heavy atom. The number of rotatable bonds is 0. The second-order valence-corrected chi connectivity index (χ2v) is 20.5. The largest absolute Gasteiger partial charge is 0.116 e. The summed E-state index contributed by atoms with van der Waals surface area (Å²) in [5.74, 6) is 1.49. The third-order valence-corrected chi connectivity index (χ3v) is 20.3. The van der Waals surface area contributed by atoms with Crippen LogP contribution in [0.15, 0.2) is 106 Å². The first-order valence-corrected chi connectivity index (χ1v) is 19.8. The minimum Gasteiger partial charge on any atom is -0.116 e. The normalized spacial score (nSPS) is 35.5. The van der Waals surface area contributed by atoms with Gasteiger partial charge in [0.05, 0.1) is 8.47 Å². The van der Waals surface area contributed by atoms with E-state index in [0.717, 1.165) is 5.92 Å². The van der Waals surface area contributed by atoms with Gasteiger partial charge in [-0.15, -0.1) is 23.5 Å². The van der Waals surface area contributed by atoms with E-state index >= 15 is 0 Å². The zero-order chi connectivity index (χ0) is 25.2. The van der Waals surface area contributed by atoms with Crippen LogP contribution in [0.25, 0.3) is 0 Å². The predicted octanol–water partition coefficient (Wildman–Crippen LogP) is 11.8. The second kappa shape index (κ2) is 9.10. The maximum absolute atomic E-state index is 2.54. The molecule has 192 valence electrons. The van der Waals surface area contributed by atoms with E-state index in [1.807, 2.05) is 70.6 Å². The highest BCUT2D eigenvalue weighted by Crippen LogP contribution is 2.68. The maximum atomic E-state index is 2.54. The number of benzene rings is 2. The number of fused-ring (bicyclic) bond motifs is 8. The van der Waals surface area contributed by atoms with Gasteiger partial charge in [-0.05, 0) is 60.8 Å². The van der Waals surface area contributed by atoms with E-state index in [1.54, 1.807) is 9.81 Å². The van der Waals surface area contributed by atoms with Crippen molar-refractivity contribution in [2.45, 2.75) is 82.8 Å². The maximum Gasteiger partial charge on any atom is 0.0706 e. The predicted molar refractivity (Wildman–Crippen MR) is 174 cm³/mol. The van der Waals surface area contributed by atoms with Crippen LogP contribution in [-0.2, 0) is 0 Å². The molecular formula is C30H24S8. The minimum atomic E-state index is 0.515. The summed E-state index contributed by atoms with van der Waals surface area (Å²) in [6.07, 6.45) is 13.3. The van der Waals surface area contributed by atoms with Crippen molar-refractivity contribution in [2.24, 2.45) is 17.3 Å². The van der Waals surface area contributed by atoms with Gasteiger partial charge in [0, 0.05) is 59.5 Å². The Balaban J connectivity index is 0.991. The van der Waals surface area contributed by atoms with E-state index in [-0.39, 0.29) is 0 Å².